The Hall–Kier alpha value is -4.17. The number of aliphatic hydroxyl groups is 1. The maximum atomic E-state index is 13.7. The highest BCUT2D eigenvalue weighted by molar-refractivity contribution is 5.90. The van der Waals surface area contributed by atoms with Crippen molar-refractivity contribution < 1.29 is 33.7 Å². The lowest BCUT2D eigenvalue weighted by molar-refractivity contribution is -0.216. The molecule has 4 saturated carbocycles. The number of rotatable bonds is 12. The maximum Gasteiger partial charge on any atom is 0.415 e. The Kier molecular flexibility index (Phi) is 12.3. The second-order valence-corrected chi connectivity index (χ2v) is 23.2. The zero-order chi connectivity index (χ0) is 48.0. The summed E-state index contributed by atoms with van der Waals surface area (Å²) in [6, 6.07) is 7.41. The minimum atomic E-state index is -1.89. The smallest absolute Gasteiger partial charge is 0.415 e. The van der Waals surface area contributed by atoms with Crippen molar-refractivity contribution in [2.24, 2.45) is 33.5 Å². The third-order valence-electron chi connectivity index (χ3n) is 19.8. The minimum absolute atomic E-state index is 0.0793. The fourth-order valence-corrected chi connectivity index (χ4v) is 15.1. The normalized spacial score (nSPS) is 33.1. The zero-order valence-corrected chi connectivity index (χ0v) is 41.8. The van der Waals surface area contributed by atoms with Crippen molar-refractivity contribution in [3.63, 3.8) is 0 Å². The van der Waals surface area contributed by atoms with Crippen molar-refractivity contribution in [1.29, 1.82) is 0 Å². The van der Waals surface area contributed by atoms with Crippen molar-refractivity contribution >= 4 is 28.7 Å². The molecule has 2 aromatic heterocycles. The molecule has 8 atom stereocenters. The van der Waals surface area contributed by atoms with Gasteiger partial charge in [0, 0.05) is 74.2 Å². The summed E-state index contributed by atoms with van der Waals surface area (Å²) in [5.41, 5.74) is 3.03. The van der Waals surface area contributed by atoms with Crippen molar-refractivity contribution in [2.75, 3.05) is 53.4 Å². The predicted molar refractivity (Wildman–Crippen MR) is 260 cm³/mol. The summed E-state index contributed by atoms with van der Waals surface area (Å²) in [4.78, 5) is 63.9. The van der Waals surface area contributed by atoms with E-state index in [9.17, 15) is 24.3 Å². The lowest BCUT2D eigenvalue weighted by Crippen LogP contribution is -2.63. The summed E-state index contributed by atoms with van der Waals surface area (Å²) in [6.45, 7) is 17.4. The molecule has 7 aliphatic rings. The van der Waals surface area contributed by atoms with E-state index in [0.717, 1.165) is 74.9 Å². The number of unbranched alkanes of at least 4 members (excludes halogenated alkanes) is 3. The number of hydrogen-bond acceptors (Lipinski definition) is 11. The van der Waals surface area contributed by atoms with Gasteiger partial charge in [0.1, 0.15) is 18.1 Å². The summed E-state index contributed by atoms with van der Waals surface area (Å²) >= 11 is 0. The molecule has 0 spiro atoms. The molecular weight excluding hydrogens is 859 g/mol. The van der Waals surface area contributed by atoms with Gasteiger partial charge in [0.2, 0.25) is 0 Å². The number of pyridine rings is 2. The van der Waals surface area contributed by atoms with Gasteiger partial charge in [-0.1, -0.05) is 47.5 Å². The number of cyclic esters (lactones) is 1. The van der Waals surface area contributed by atoms with Crippen molar-refractivity contribution in [1.82, 2.24) is 24.3 Å². The van der Waals surface area contributed by atoms with Crippen LogP contribution in [0.15, 0.2) is 29.1 Å². The van der Waals surface area contributed by atoms with Crippen LogP contribution in [-0.4, -0.2) is 107 Å². The molecule has 5 fully saturated rings. The molecule has 1 saturated heterocycles. The van der Waals surface area contributed by atoms with Crippen LogP contribution in [0.25, 0.3) is 22.3 Å². The van der Waals surface area contributed by atoms with E-state index in [1.807, 2.05) is 37.2 Å². The maximum absolute atomic E-state index is 13.7. The van der Waals surface area contributed by atoms with E-state index in [4.69, 9.17) is 19.2 Å². The second-order valence-electron chi connectivity index (χ2n) is 23.2. The average Bonchev–Trinajstić information content (AvgIpc) is 3.81. The topological polar surface area (TPSA) is 144 Å². The first kappa shape index (κ1) is 47.5. The minimum Gasteiger partial charge on any atom is -0.458 e. The van der Waals surface area contributed by atoms with Crippen LogP contribution in [-0.2, 0) is 44.4 Å². The molecule has 0 unspecified atom stereocenters. The Morgan fingerprint density at radius 1 is 0.897 bits per heavy atom. The molecular formula is C55H75N5O8. The Balaban J connectivity index is 0.698. The van der Waals surface area contributed by atoms with Gasteiger partial charge in [-0.15, -0.1) is 0 Å². The number of fused-ring (bicyclic) bond motifs is 10. The average molecular weight is 934 g/mol. The summed E-state index contributed by atoms with van der Waals surface area (Å²) in [5.74, 6) is 1.51. The van der Waals surface area contributed by atoms with Gasteiger partial charge in [0.25, 0.3) is 5.56 Å². The molecule has 1 aromatic carbocycles. The number of ketones is 1. The van der Waals surface area contributed by atoms with E-state index >= 15 is 0 Å². The van der Waals surface area contributed by atoms with Crippen LogP contribution in [0.2, 0.25) is 0 Å². The van der Waals surface area contributed by atoms with E-state index in [0.29, 0.717) is 76.8 Å². The van der Waals surface area contributed by atoms with Gasteiger partial charge in [0.15, 0.2) is 5.60 Å². The van der Waals surface area contributed by atoms with Gasteiger partial charge in [-0.05, 0) is 143 Å². The number of carbonyl (C=O) groups is 3. The fourth-order valence-electron chi connectivity index (χ4n) is 15.1. The highest BCUT2D eigenvalue weighted by atomic mass is 16.6. The molecule has 4 aliphatic carbocycles. The number of ether oxygens (including phenoxy) is 3. The quantitative estimate of drug-likeness (QED) is 0.108. The van der Waals surface area contributed by atoms with Gasteiger partial charge in [-0.2, -0.15) is 0 Å². The molecule has 3 aromatic rings. The van der Waals surface area contributed by atoms with E-state index in [1.54, 1.807) is 22.5 Å². The van der Waals surface area contributed by atoms with Gasteiger partial charge < -0.3 is 33.7 Å². The van der Waals surface area contributed by atoms with Crippen LogP contribution < -0.4 is 10.3 Å². The second kappa shape index (κ2) is 17.6. The van der Waals surface area contributed by atoms with E-state index < -0.39 is 11.6 Å². The number of carbonyl (C=O) groups excluding carboxylic acids is 3. The number of hydrogen-bond donors (Lipinski definition) is 1. The molecule has 0 radical (unpaired) electrons. The Morgan fingerprint density at radius 2 is 1.65 bits per heavy atom. The van der Waals surface area contributed by atoms with Crippen LogP contribution >= 0.6 is 0 Å². The van der Waals surface area contributed by atoms with Crippen molar-refractivity contribution in [3.8, 4) is 17.1 Å². The Bertz CT molecular complexity index is 2570. The highest BCUT2D eigenvalue weighted by Crippen LogP contribution is 2.76. The summed E-state index contributed by atoms with van der Waals surface area (Å²) in [7, 11) is 3.94. The van der Waals surface area contributed by atoms with Crippen LogP contribution in [0.3, 0.4) is 0 Å². The van der Waals surface area contributed by atoms with Crippen LogP contribution in [0.1, 0.15) is 147 Å². The number of Topliss-reactive ketones (excluding diaryl/α,β-unsaturated/α-hetero) is 1. The molecule has 3 aliphatic heterocycles. The molecule has 5 heterocycles. The number of piperazine rings is 1. The molecule has 1 N–H and O–H groups in total. The first-order chi connectivity index (χ1) is 32.4. The van der Waals surface area contributed by atoms with Crippen LogP contribution in [0, 0.1) is 33.5 Å². The third-order valence-corrected chi connectivity index (χ3v) is 19.8. The molecule has 68 heavy (non-hydrogen) atoms. The monoisotopic (exact) mass is 934 g/mol. The molecule has 13 heteroatoms. The largest absolute Gasteiger partial charge is 0.458 e. The lowest BCUT2D eigenvalue weighted by Gasteiger charge is -2.69. The number of esters is 1. The van der Waals surface area contributed by atoms with Crippen LogP contribution in [0.4, 0.5) is 4.79 Å². The lowest BCUT2D eigenvalue weighted by atomic mass is 9.35. The van der Waals surface area contributed by atoms with Gasteiger partial charge in [0.05, 0.1) is 35.1 Å². The molecule has 368 valence electrons. The summed E-state index contributed by atoms with van der Waals surface area (Å²) in [5, 5.41) is 12.1. The van der Waals surface area contributed by atoms with Crippen molar-refractivity contribution in [2.45, 2.75) is 156 Å². The summed E-state index contributed by atoms with van der Waals surface area (Å²) < 4.78 is 19.9. The first-order valence-corrected chi connectivity index (χ1v) is 26.0. The Labute approximate surface area is 402 Å². The number of benzene rings is 1. The third kappa shape index (κ3) is 7.49. The molecule has 1 amide bonds. The van der Waals surface area contributed by atoms with E-state index in [2.05, 4.69) is 32.6 Å². The van der Waals surface area contributed by atoms with Gasteiger partial charge >= 0.3 is 12.1 Å². The van der Waals surface area contributed by atoms with Crippen LogP contribution in [0.5, 0.6) is 5.75 Å². The van der Waals surface area contributed by atoms with Gasteiger partial charge in [-0.3, -0.25) is 14.5 Å². The zero-order valence-electron chi connectivity index (χ0n) is 41.8. The standard InChI is InChI=1S/C55H75N5O8/c1-8-55(65)41-31-43-47-35(32-60(43)48(62)40(41)34-67-49(55)63)29-38-39(33-57(6)7)44(15-14-42(38)56-47)68-50(64)59-26-24-58(25-27-59)23-11-9-10-12-28-66-46-18-20-52(3)45-16-13-36-30-37(61)17-19-51(36,2)53(45,4)21-22-54(46,52)5/h14-15,29,31,36,45-46,65H,8-13,16-28,30,32-34H2,1-7H3/t36-,45-,46-,51-,52-,53-,54+,55+/m1/s1. The van der Waals surface area contributed by atoms with Gasteiger partial charge in [-0.25, -0.2) is 14.6 Å². The SMILES string of the molecule is CC[C@@]1(O)C(=O)OCc2c1cc1n(c2=O)Cc2cc3c(CN(C)C)c(OC(=O)N4CCN(CCCCCCO[C@@H]5CC[C@]6(C)[C@H]7CC[C@@H]8CC(=O)CC[C@@]8(C)[C@]7(C)CC[C@@]56C)CC4)ccc3nc2-1. The Morgan fingerprint density at radius 3 is 2.41 bits per heavy atom. The highest BCUT2D eigenvalue weighted by Gasteiger charge is 2.70. The number of amides is 1. The number of aromatic nitrogens is 2. The first-order valence-electron chi connectivity index (χ1n) is 26.0. The summed E-state index contributed by atoms with van der Waals surface area (Å²) in [6.07, 6.45) is 14.7. The van der Waals surface area contributed by atoms with E-state index in [1.165, 1.54) is 51.4 Å². The fraction of sp³-hybridized carbons (Fsp3) is 0.691. The van der Waals surface area contributed by atoms with E-state index in [-0.39, 0.29) is 53.2 Å². The number of nitrogens with zero attached hydrogens (tertiary/aromatic N) is 5. The van der Waals surface area contributed by atoms with Crippen molar-refractivity contribution in [3.05, 3.63) is 56.9 Å². The predicted octanol–water partition coefficient (Wildman–Crippen LogP) is 8.60. The molecule has 10 rings (SSSR count). The molecule has 0 bridgehead atoms. The molecule has 13 nitrogen and oxygen atoms in total.